The molecule has 15 heavy (non-hydrogen) atoms. The van der Waals surface area contributed by atoms with Gasteiger partial charge in [-0.2, -0.15) is 0 Å². The fraction of sp³-hybridized carbons (Fsp3) is 0.400. The van der Waals surface area contributed by atoms with Gasteiger partial charge in [0.1, 0.15) is 0 Å². The van der Waals surface area contributed by atoms with Crippen molar-refractivity contribution in [2.24, 2.45) is 0 Å². The van der Waals surface area contributed by atoms with Crippen LogP contribution in [0.1, 0.15) is 33.2 Å². The van der Waals surface area contributed by atoms with E-state index in [-0.39, 0.29) is 0 Å². The molecule has 0 fully saturated rings. The molecule has 0 saturated heterocycles. The Morgan fingerprint density at radius 1 is 1.53 bits per heavy atom. The lowest BCUT2D eigenvalue weighted by atomic mass is 10.3. The highest BCUT2D eigenvalue weighted by atomic mass is 32.1. The van der Waals surface area contributed by atoms with Crippen LogP contribution in [0.4, 0.5) is 0 Å². The Balaban J connectivity index is 2.41. The van der Waals surface area contributed by atoms with Crippen LogP contribution >= 0.6 is 11.3 Å². The van der Waals surface area contributed by atoms with E-state index in [9.17, 15) is 4.79 Å². The molecule has 0 unspecified atom stereocenters. The van der Waals surface area contributed by atoms with Crippen LogP contribution in [-0.4, -0.2) is 20.5 Å². The van der Waals surface area contributed by atoms with Crippen LogP contribution in [0.5, 0.6) is 0 Å². The van der Waals surface area contributed by atoms with Crippen molar-refractivity contribution >= 4 is 22.3 Å². The van der Waals surface area contributed by atoms with E-state index in [0.29, 0.717) is 11.4 Å². The molecule has 0 radical (unpaired) electrons. The molecule has 0 aliphatic heterocycles. The minimum absolute atomic E-state index is 0.337. The topological polar surface area (TPSA) is 54.6 Å². The van der Waals surface area contributed by atoms with Gasteiger partial charge in [-0.05, 0) is 26.2 Å². The van der Waals surface area contributed by atoms with Gasteiger partial charge in [-0.1, -0.05) is 0 Å². The highest BCUT2D eigenvalue weighted by Gasteiger charge is 2.24. The Hall–Kier alpha value is -1.36. The van der Waals surface area contributed by atoms with Crippen LogP contribution in [0, 0.1) is 6.92 Å². The van der Waals surface area contributed by atoms with Gasteiger partial charge in [0.15, 0.2) is 10.7 Å². The van der Waals surface area contributed by atoms with Gasteiger partial charge in [-0.3, -0.25) is 4.40 Å². The zero-order valence-corrected chi connectivity index (χ0v) is 9.10. The molecule has 0 aromatic carbocycles. The number of carboxylic acids is 1. The average Bonchev–Trinajstić information content (AvgIpc) is 2.73. The number of thiazole rings is 1. The first-order chi connectivity index (χ1) is 7.18. The number of fused-ring (bicyclic) bond motifs is 3. The van der Waals surface area contributed by atoms with E-state index >= 15 is 0 Å². The van der Waals surface area contributed by atoms with Gasteiger partial charge < -0.3 is 5.11 Å². The molecule has 78 valence electrons. The molecule has 2 aromatic rings. The Bertz CT molecular complexity index is 567. The number of imidazole rings is 1. The lowest BCUT2D eigenvalue weighted by Gasteiger charge is -1.97. The lowest BCUT2D eigenvalue weighted by molar-refractivity contribution is 0.0688. The van der Waals surface area contributed by atoms with Crippen LogP contribution in [0.15, 0.2) is 0 Å². The normalized spacial score (nSPS) is 14.7. The smallest absolute Gasteiger partial charge is 0.354 e. The summed E-state index contributed by atoms with van der Waals surface area (Å²) in [7, 11) is 0. The van der Waals surface area contributed by atoms with Gasteiger partial charge in [-0.15, -0.1) is 11.3 Å². The predicted molar refractivity (Wildman–Crippen MR) is 56.8 cm³/mol. The number of aromatic carboxylic acids is 1. The Kier molecular flexibility index (Phi) is 1.68. The highest BCUT2D eigenvalue weighted by Crippen LogP contribution is 2.32. The molecule has 1 aliphatic rings. The van der Waals surface area contributed by atoms with Crippen molar-refractivity contribution in [3.8, 4) is 0 Å². The number of carboxylic acid groups (broad SMARTS) is 1. The van der Waals surface area contributed by atoms with Crippen molar-refractivity contribution in [3.05, 3.63) is 22.0 Å². The first-order valence-corrected chi connectivity index (χ1v) is 5.73. The second-order valence-corrected chi connectivity index (χ2v) is 4.86. The van der Waals surface area contributed by atoms with E-state index in [1.807, 2.05) is 4.40 Å². The lowest BCUT2D eigenvalue weighted by Crippen LogP contribution is -2.05. The van der Waals surface area contributed by atoms with E-state index < -0.39 is 5.97 Å². The van der Waals surface area contributed by atoms with Crippen molar-refractivity contribution in [1.29, 1.82) is 0 Å². The van der Waals surface area contributed by atoms with Gasteiger partial charge in [0.25, 0.3) is 0 Å². The highest BCUT2D eigenvalue weighted by molar-refractivity contribution is 7.17. The minimum atomic E-state index is -0.882. The van der Waals surface area contributed by atoms with Crippen LogP contribution in [0.3, 0.4) is 0 Å². The number of rotatable bonds is 1. The maximum Gasteiger partial charge on any atom is 0.354 e. The standard InChI is InChI=1S/C10H10N2O2S/c1-5-8(9(13)14)12-6-3-2-4-7(6)15-10(12)11-5/h2-4H2,1H3,(H,13,14). The largest absolute Gasteiger partial charge is 0.477 e. The molecule has 1 aliphatic carbocycles. The van der Waals surface area contributed by atoms with E-state index in [1.165, 1.54) is 4.88 Å². The zero-order valence-electron chi connectivity index (χ0n) is 8.28. The fourth-order valence-electron chi connectivity index (χ4n) is 2.23. The number of hydrogen-bond donors (Lipinski definition) is 1. The average molecular weight is 222 g/mol. The maximum absolute atomic E-state index is 11.1. The number of nitrogens with zero attached hydrogens (tertiary/aromatic N) is 2. The van der Waals surface area contributed by atoms with E-state index in [4.69, 9.17) is 5.11 Å². The molecule has 2 heterocycles. The number of aryl methyl sites for hydroxylation is 3. The summed E-state index contributed by atoms with van der Waals surface area (Å²) in [4.78, 5) is 17.6. The predicted octanol–water partition coefficient (Wildman–Crippen LogP) is 1.89. The summed E-state index contributed by atoms with van der Waals surface area (Å²) in [5.74, 6) is -0.882. The second-order valence-electron chi connectivity index (χ2n) is 3.79. The summed E-state index contributed by atoms with van der Waals surface area (Å²) in [6, 6.07) is 0. The van der Waals surface area contributed by atoms with Crippen molar-refractivity contribution < 1.29 is 9.90 Å². The molecule has 4 nitrogen and oxygen atoms in total. The molecule has 0 spiro atoms. The quantitative estimate of drug-likeness (QED) is 0.801. The molecule has 3 rings (SSSR count). The van der Waals surface area contributed by atoms with Crippen LogP contribution < -0.4 is 0 Å². The third-order valence-electron chi connectivity index (χ3n) is 2.85. The SMILES string of the molecule is Cc1nc2sc3c(n2c1C(=O)O)CCC3. The molecular formula is C10H10N2O2S. The molecule has 0 amide bonds. The summed E-state index contributed by atoms with van der Waals surface area (Å²) in [6.45, 7) is 1.75. The first-order valence-electron chi connectivity index (χ1n) is 4.91. The van der Waals surface area contributed by atoms with E-state index in [1.54, 1.807) is 18.3 Å². The molecular weight excluding hydrogens is 212 g/mol. The summed E-state index contributed by atoms with van der Waals surface area (Å²) < 4.78 is 1.82. The van der Waals surface area contributed by atoms with Gasteiger partial charge in [0, 0.05) is 10.6 Å². The molecule has 1 N–H and O–H groups in total. The van der Waals surface area contributed by atoms with Crippen LogP contribution in [-0.2, 0) is 12.8 Å². The monoisotopic (exact) mass is 222 g/mol. The van der Waals surface area contributed by atoms with Crippen molar-refractivity contribution in [2.75, 3.05) is 0 Å². The van der Waals surface area contributed by atoms with E-state index in [0.717, 1.165) is 29.9 Å². The first kappa shape index (κ1) is 8.91. The minimum Gasteiger partial charge on any atom is -0.477 e. The molecule has 2 aromatic heterocycles. The number of hydrogen-bond acceptors (Lipinski definition) is 3. The van der Waals surface area contributed by atoms with Gasteiger partial charge in [0.05, 0.1) is 5.69 Å². The summed E-state index contributed by atoms with van der Waals surface area (Å²) >= 11 is 1.63. The van der Waals surface area contributed by atoms with Gasteiger partial charge >= 0.3 is 5.97 Å². The Labute approximate surface area is 90.2 Å². The molecule has 0 atom stereocenters. The maximum atomic E-state index is 11.1. The Morgan fingerprint density at radius 2 is 2.33 bits per heavy atom. The summed E-state index contributed by atoms with van der Waals surface area (Å²) in [6.07, 6.45) is 3.18. The summed E-state index contributed by atoms with van der Waals surface area (Å²) in [5, 5.41) is 9.15. The van der Waals surface area contributed by atoms with E-state index in [2.05, 4.69) is 4.98 Å². The molecule has 5 heteroatoms. The fourth-order valence-corrected chi connectivity index (χ4v) is 3.48. The Morgan fingerprint density at radius 3 is 3.07 bits per heavy atom. The number of aromatic nitrogens is 2. The molecule has 0 saturated carbocycles. The van der Waals surface area contributed by atoms with Crippen LogP contribution in [0.25, 0.3) is 4.96 Å². The number of carbonyl (C=O) groups is 1. The van der Waals surface area contributed by atoms with Crippen molar-refractivity contribution in [1.82, 2.24) is 9.38 Å². The van der Waals surface area contributed by atoms with Gasteiger partial charge in [-0.25, -0.2) is 9.78 Å². The third kappa shape index (κ3) is 1.07. The third-order valence-corrected chi connectivity index (χ3v) is 3.99. The summed E-state index contributed by atoms with van der Waals surface area (Å²) in [5.41, 5.74) is 2.11. The van der Waals surface area contributed by atoms with Crippen molar-refractivity contribution in [2.45, 2.75) is 26.2 Å². The second kappa shape index (κ2) is 2.82. The zero-order chi connectivity index (χ0) is 10.6. The molecule has 0 bridgehead atoms. The van der Waals surface area contributed by atoms with Gasteiger partial charge in [0.2, 0.25) is 0 Å². The van der Waals surface area contributed by atoms with Crippen LogP contribution in [0.2, 0.25) is 0 Å². The van der Waals surface area contributed by atoms with Crippen molar-refractivity contribution in [3.63, 3.8) is 0 Å².